The first kappa shape index (κ1) is 14.7. The molecule has 0 spiro atoms. The number of benzene rings is 1. The standard InChI is InChI=1S/C15H19N3OS/c1-3-12-10-16-18-15(12)17-14(19)8-9-20-13-6-4-11(2)5-7-13/h4-7,10H,3,8-9H2,1-2H3,(H2,16,17,18,19). The maximum atomic E-state index is 11.9. The lowest BCUT2D eigenvalue weighted by Crippen LogP contribution is -2.13. The number of aryl methyl sites for hydroxylation is 2. The third kappa shape index (κ3) is 4.13. The van der Waals surface area contributed by atoms with E-state index >= 15 is 0 Å². The average molecular weight is 289 g/mol. The van der Waals surface area contributed by atoms with Crippen molar-refractivity contribution < 1.29 is 4.79 Å². The lowest BCUT2D eigenvalue weighted by atomic mass is 10.2. The molecule has 0 aliphatic rings. The predicted molar refractivity (Wildman–Crippen MR) is 83.1 cm³/mol. The number of nitrogens with one attached hydrogen (secondary N) is 2. The Hall–Kier alpha value is -1.75. The molecule has 5 heteroatoms. The van der Waals surface area contributed by atoms with Crippen LogP contribution in [0.4, 0.5) is 5.82 Å². The Bertz CT molecular complexity index is 563. The van der Waals surface area contributed by atoms with E-state index in [1.54, 1.807) is 18.0 Å². The van der Waals surface area contributed by atoms with Gasteiger partial charge in [0.1, 0.15) is 5.82 Å². The van der Waals surface area contributed by atoms with Gasteiger partial charge in [0.25, 0.3) is 0 Å². The topological polar surface area (TPSA) is 57.8 Å². The minimum Gasteiger partial charge on any atom is -0.311 e. The fraction of sp³-hybridized carbons (Fsp3) is 0.333. The van der Waals surface area contributed by atoms with Gasteiger partial charge >= 0.3 is 0 Å². The van der Waals surface area contributed by atoms with Crippen LogP contribution in [-0.2, 0) is 11.2 Å². The SMILES string of the molecule is CCc1cn[nH]c1NC(=O)CCSc1ccc(C)cc1. The highest BCUT2D eigenvalue weighted by atomic mass is 32.2. The van der Waals surface area contributed by atoms with Gasteiger partial charge in [0.05, 0.1) is 6.20 Å². The molecule has 0 saturated carbocycles. The summed E-state index contributed by atoms with van der Waals surface area (Å²) in [6, 6.07) is 8.34. The molecule has 2 N–H and O–H groups in total. The van der Waals surface area contributed by atoms with Gasteiger partial charge in [0.2, 0.25) is 5.91 Å². The van der Waals surface area contributed by atoms with E-state index in [2.05, 4.69) is 46.7 Å². The fourth-order valence-electron chi connectivity index (χ4n) is 1.79. The van der Waals surface area contributed by atoms with Crippen molar-refractivity contribution in [3.8, 4) is 0 Å². The minimum absolute atomic E-state index is 0.0172. The van der Waals surface area contributed by atoms with Crippen LogP contribution in [0.5, 0.6) is 0 Å². The summed E-state index contributed by atoms with van der Waals surface area (Å²) >= 11 is 1.69. The normalized spacial score (nSPS) is 10.5. The number of carbonyl (C=O) groups is 1. The van der Waals surface area contributed by atoms with Crippen LogP contribution in [0.1, 0.15) is 24.5 Å². The Morgan fingerprint density at radius 2 is 2.10 bits per heavy atom. The van der Waals surface area contributed by atoms with E-state index in [9.17, 15) is 4.79 Å². The predicted octanol–water partition coefficient (Wildman–Crippen LogP) is 3.40. The maximum absolute atomic E-state index is 11.9. The number of amides is 1. The van der Waals surface area contributed by atoms with Gasteiger partial charge in [-0.15, -0.1) is 11.8 Å². The largest absolute Gasteiger partial charge is 0.311 e. The lowest BCUT2D eigenvalue weighted by molar-refractivity contribution is -0.115. The molecule has 0 fully saturated rings. The molecule has 1 heterocycles. The summed E-state index contributed by atoms with van der Waals surface area (Å²) < 4.78 is 0. The van der Waals surface area contributed by atoms with Crippen LogP contribution in [0, 0.1) is 6.92 Å². The average Bonchev–Trinajstić information content (AvgIpc) is 2.88. The summed E-state index contributed by atoms with van der Waals surface area (Å²) in [5.41, 5.74) is 2.28. The van der Waals surface area contributed by atoms with Gasteiger partial charge in [0.15, 0.2) is 0 Å². The molecule has 0 saturated heterocycles. The maximum Gasteiger partial charge on any atom is 0.226 e. The number of rotatable bonds is 6. The van der Waals surface area contributed by atoms with Gasteiger partial charge in [-0.3, -0.25) is 9.89 Å². The zero-order valence-electron chi connectivity index (χ0n) is 11.8. The summed E-state index contributed by atoms with van der Waals surface area (Å²) in [4.78, 5) is 13.0. The Balaban J connectivity index is 1.76. The second-order valence-corrected chi connectivity index (χ2v) is 5.75. The molecule has 4 nitrogen and oxygen atoms in total. The Labute approximate surface area is 123 Å². The first-order chi connectivity index (χ1) is 9.69. The lowest BCUT2D eigenvalue weighted by Gasteiger charge is -2.05. The van der Waals surface area contributed by atoms with Crippen molar-refractivity contribution in [2.45, 2.75) is 31.6 Å². The van der Waals surface area contributed by atoms with Crippen molar-refractivity contribution in [1.82, 2.24) is 10.2 Å². The van der Waals surface area contributed by atoms with Crippen molar-refractivity contribution in [2.75, 3.05) is 11.1 Å². The molecule has 0 atom stereocenters. The molecule has 2 rings (SSSR count). The third-order valence-corrected chi connectivity index (χ3v) is 4.00. The number of carbonyl (C=O) groups excluding carboxylic acids is 1. The molecule has 2 aromatic rings. The summed E-state index contributed by atoms with van der Waals surface area (Å²) in [5.74, 6) is 1.51. The molecule has 106 valence electrons. The quantitative estimate of drug-likeness (QED) is 0.801. The number of aromatic amines is 1. The first-order valence-electron chi connectivity index (χ1n) is 6.70. The van der Waals surface area contributed by atoms with Crippen LogP contribution in [-0.4, -0.2) is 21.9 Å². The van der Waals surface area contributed by atoms with E-state index < -0.39 is 0 Å². The van der Waals surface area contributed by atoms with Crippen LogP contribution < -0.4 is 5.32 Å². The number of nitrogens with zero attached hydrogens (tertiary/aromatic N) is 1. The molecular weight excluding hydrogens is 270 g/mol. The molecular formula is C15H19N3OS. The van der Waals surface area contributed by atoms with Gasteiger partial charge < -0.3 is 5.32 Å². The van der Waals surface area contributed by atoms with Gasteiger partial charge in [-0.2, -0.15) is 5.10 Å². The molecule has 0 unspecified atom stereocenters. The number of anilines is 1. The van der Waals surface area contributed by atoms with Gasteiger partial charge in [-0.05, 0) is 25.5 Å². The number of thioether (sulfide) groups is 1. The van der Waals surface area contributed by atoms with Gasteiger partial charge in [-0.25, -0.2) is 0 Å². The summed E-state index contributed by atoms with van der Waals surface area (Å²) in [5, 5.41) is 9.62. The van der Waals surface area contributed by atoms with Crippen molar-refractivity contribution in [1.29, 1.82) is 0 Å². The number of aromatic nitrogens is 2. The Kier molecular flexibility index (Phi) is 5.24. The smallest absolute Gasteiger partial charge is 0.226 e. The number of hydrogen-bond donors (Lipinski definition) is 2. The van der Waals surface area contributed by atoms with Crippen LogP contribution >= 0.6 is 11.8 Å². The molecule has 0 aliphatic heterocycles. The van der Waals surface area contributed by atoms with E-state index in [1.807, 2.05) is 6.92 Å². The highest BCUT2D eigenvalue weighted by Gasteiger charge is 2.07. The second-order valence-electron chi connectivity index (χ2n) is 4.58. The van der Waals surface area contributed by atoms with Crippen LogP contribution in [0.25, 0.3) is 0 Å². The van der Waals surface area contributed by atoms with Crippen molar-refractivity contribution >= 4 is 23.5 Å². The second kappa shape index (κ2) is 7.14. The minimum atomic E-state index is 0.0172. The van der Waals surface area contributed by atoms with Crippen molar-refractivity contribution in [3.63, 3.8) is 0 Å². The Morgan fingerprint density at radius 1 is 1.35 bits per heavy atom. The zero-order chi connectivity index (χ0) is 14.4. The van der Waals surface area contributed by atoms with E-state index in [4.69, 9.17) is 0 Å². The highest BCUT2D eigenvalue weighted by Crippen LogP contribution is 2.19. The van der Waals surface area contributed by atoms with Crippen LogP contribution in [0.15, 0.2) is 35.4 Å². The first-order valence-corrected chi connectivity index (χ1v) is 7.69. The summed E-state index contributed by atoms with van der Waals surface area (Å²) in [6.07, 6.45) is 3.08. The highest BCUT2D eigenvalue weighted by molar-refractivity contribution is 7.99. The Morgan fingerprint density at radius 3 is 2.80 bits per heavy atom. The van der Waals surface area contributed by atoms with E-state index in [-0.39, 0.29) is 5.91 Å². The van der Waals surface area contributed by atoms with Gasteiger partial charge in [0, 0.05) is 22.6 Å². The van der Waals surface area contributed by atoms with Gasteiger partial charge in [-0.1, -0.05) is 24.6 Å². The van der Waals surface area contributed by atoms with E-state index in [0.717, 1.165) is 23.6 Å². The number of H-pyrrole nitrogens is 1. The molecule has 0 aliphatic carbocycles. The van der Waals surface area contributed by atoms with Crippen LogP contribution in [0.3, 0.4) is 0 Å². The molecule has 1 aromatic carbocycles. The third-order valence-electron chi connectivity index (χ3n) is 2.98. The van der Waals surface area contributed by atoms with Crippen LogP contribution in [0.2, 0.25) is 0 Å². The summed E-state index contributed by atoms with van der Waals surface area (Å²) in [6.45, 7) is 4.10. The summed E-state index contributed by atoms with van der Waals surface area (Å²) in [7, 11) is 0. The molecule has 1 amide bonds. The number of hydrogen-bond acceptors (Lipinski definition) is 3. The molecule has 0 bridgehead atoms. The zero-order valence-corrected chi connectivity index (χ0v) is 12.6. The molecule has 0 radical (unpaired) electrons. The van der Waals surface area contributed by atoms with E-state index in [1.165, 1.54) is 10.5 Å². The monoisotopic (exact) mass is 289 g/mol. The molecule has 20 heavy (non-hydrogen) atoms. The van der Waals surface area contributed by atoms with E-state index in [0.29, 0.717) is 6.42 Å². The van der Waals surface area contributed by atoms with Crippen molar-refractivity contribution in [3.05, 3.63) is 41.6 Å². The molecule has 1 aromatic heterocycles. The fourth-order valence-corrected chi connectivity index (χ4v) is 2.64. The van der Waals surface area contributed by atoms with Crippen molar-refractivity contribution in [2.24, 2.45) is 0 Å².